The lowest BCUT2D eigenvalue weighted by atomic mass is 10.0. The van der Waals surface area contributed by atoms with Gasteiger partial charge in [-0.3, -0.25) is 4.79 Å². The third-order valence-corrected chi connectivity index (χ3v) is 3.46. The molecular formula is C16H17NO4. The smallest absolute Gasteiger partial charge is 0.326 e. The van der Waals surface area contributed by atoms with E-state index in [0.717, 1.165) is 5.56 Å². The Kier molecular flexibility index (Phi) is 4.90. The first-order chi connectivity index (χ1) is 10.2. The molecule has 1 atom stereocenters. The Morgan fingerprint density at radius 3 is 2.48 bits per heavy atom. The van der Waals surface area contributed by atoms with Crippen LogP contribution in [0, 0.1) is 0 Å². The molecule has 0 aliphatic heterocycles. The number of aromatic nitrogens is 1. The third-order valence-electron chi connectivity index (χ3n) is 3.46. The van der Waals surface area contributed by atoms with E-state index < -0.39 is 12.0 Å². The van der Waals surface area contributed by atoms with Crippen molar-refractivity contribution in [3.8, 4) is 0 Å². The Labute approximate surface area is 122 Å². The number of aldehydes is 1. The number of carbonyl (C=O) groups is 2. The summed E-state index contributed by atoms with van der Waals surface area (Å²) in [5, 5.41) is 18.8. The minimum atomic E-state index is -1.01. The molecule has 1 unspecified atom stereocenters. The van der Waals surface area contributed by atoms with Crippen molar-refractivity contribution in [3.05, 3.63) is 59.4 Å². The third kappa shape index (κ3) is 3.38. The summed E-state index contributed by atoms with van der Waals surface area (Å²) in [6.07, 6.45) is 1.54. The number of carboxylic acid groups (broad SMARTS) is 1. The van der Waals surface area contributed by atoms with Crippen molar-refractivity contribution >= 4 is 12.3 Å². The maximum atomic E-state index is 11.5. The fourth-order valence-electron chi connectivity index (χ4n) is 2.42. The van der Waals surface area contributed by atoms with Gasteiger partial charge in [0.1, 0.15) is 6.04 Å². The summed E-state index contributed by atoms with van der Waals surface area (Å²) in [6, 6.07) is 11.8. The second kappa shape index (κ2) is 6.85. The maximum Gasteiger partial charge on any atom is 0.326 e. The largest absolute Gasteiger partial charge is 0.480 e. The summed E-state index contributed by atoms with van der Waals surface area (Å²) in [5.41, 5.74) is 1.73. The van der Waals surface area contributed by atoms with Gasteiger partial charge in [-0.15, -0.1) is 0 Å². The van der Waals surface area contributed by atoms with Gasteiger partial charge in [0.25, 0.3) is 0 Å². The van der Waals surface area contributed by atoms with Crippen LogP contribution in [0.25, 0.3) is 0 Å². The molecule has 0 saturated carbocycles. The van der Waals surface area contributed by atoms with Crippen LogP contribution in [0.5, 0.6) is 0 Å². The highest BCUT2D eigenvalue weighted by Crippen LogP contribution is 2.21. The van der Waals surface area contributed by atoms with Crippen molar-refractivity contribution in [1.82, 2.24) is 4.57 Å². The first-order valence-electron chi connectivity index (χ1n) is 6.70. The van der Waals surface area contributed by atoms with Crippen LogP contribution in [-0.2, 0) is 17.8 Å². The molecule has 1 heterocycles. The van der Waals surface area contributed by atoms with Gasteiger partial charge in [-0.1, -0.05) is 30.3 Å². The van der Waals surface area contributed by atoms with Gasteiger partial charge in [0.2, 0.25) is 0 Å². The highest BCUT2D eigenvalue weighted by molar-refractivity contribution is 5.77. The standard InChI is InChI=1S/C16H17NO4/c18-10-13-7-8-14(11-19)17(13)15(16(20)21)9-6-12-4-2-1-3-5-12/h1-5,7-8,10,15,19H,6,9,11H2,(H,20,21). The van der Waals surface area contributed by atoms with Crippen LogP contribution >= 0.6 is 0 Å². The molecule has 21 heavy (non-hydrogen) atoms. The summed E-state index contributed by atoms with van der Waals surface area (Å²) in [4.78, 5) is 22.6. The normalized spacial score (nSPS) is 12.0. The molecule has 5 nitrogen and oxygen atoms in total. The van der Waals surface area contributed by atoms with Gasteiger partial charge in [0, 0.05) is 5.69 Å². The number of carbonyl (C=O) groups excluding carboxylic acids is 1. The molecular weight excluding hydrogens is 270 g/mol. The van der Waals surface area contributed by atoms with E-state index in [-0.39, 0.29) is 12.3 Å². The number of rotatable bonds is 7. The lowest BCUT2D eigenvalue weighted by molar-refractivity contribution is -0.141. The highest BCUT2D eigenvalue weighted by Gasteiger charge is 2.23. The Hall–Kier alpha value is -2.40. The van der Waals surface area contributed by atoms with Crippen LogP contribution in [0.1, 0.15) is 34.2 Å². The Bertz CT molecular complexity index is 618. The monoisotopic (exact) mass is 287 g/mol. The Morgan fingerprint density at radius 1 is 1.19 bits per heavy atom. The van der Waals surface area contributed by atoms with E-state index in [1.54, 1.807) is 6.07 Å². The molecule has 0 aliphatic rings. The van der Waals surface area contributed by atoms with Crippen molar-refractivity contribution in [3.63, 3.8) is 0 Å². The van der Waals surface area contributed by atoms with E-state index in [1.807, 2.05) is 30.3 Å². The maximum absolute atomic E-state index is 11.5. The van der Waals surface area contributed by atoms with E-state index in [4.69, 9.17) is 0 Å². The zero-order valence-corrected chi connectivity index (χ0v) is 11.5. The molecule has 5 heteroatoms. The predicted octanol–water partition coefficient (Wildman–Crippen LogP) is 2.05. The first kappa shape index (κ1) is 15.0. The van der Waals surface area contributed by atoms with Crippen molar-refractivity contribution < 1.29 is 19.8 Å². The molecule has 2 aromatic rings. The van der Waals surface area contributed by atoms with E-state index in [9.17, 15) is 19.8 Å². The summed E-state index contributed by atoms with van der Waals surface area (Å²) < 4.78 is 1.40. The van der Waals surface area contributed by atoms with E-state index in [2.05, 4.69) is 0 Å². The second-order valence-corrected chi connectivity index (χ2v) is 4.77. The van der Waals surface area contributed by atoms with Crippen LogP contribution in [0.4, 0.5) is 0 Å². The van der Waals surface area contributed by atoms with E-state index >= 15 is 0 Å². The van der Waals surface area contributed by atoms with Crippen LogP contribution in [0.3, 0.4) is 0 Å². The number of benzene rings is 1. The van der Waals surface area contributed by atoms with Gasteiger partial charge in [-0.05, 0) is 30.5 Å². The van der Waals surface area contributed by atoms with Gasteiger partial charge in [0.05, 0.1) is 12.3 Å². The SMILES string of the molecule is O=Cc1ccc(CO)n1C(CCc1ccccc1)C(=O)O. The average Bonchev–Trinajstić information content (AvgIpc) is 2.91. The molecule has 1 aromatic heterocycles. The van der Waals surface area contributed by atoms with Crippen molar-refractivity contribution in [1.29, 1.82) is 0 Å². The second-order valence-electron chi connectivity index (χ2n) is 4.77. The number of aliphatic hydroxyl groups is 1. The predicted molar refractivity (Wildman–Crippen MR) is 77.2 cm³/mol. The zero-order chi connectivity index (χ0) is 15.2. The molecule has 0 radical (unpaired) electrons. The van der Waals surface area contributed by atoms with Gasteiger partial charge in [-0.2, -0.15) is 0 Å². The van der Waals surface area contributed by atoms with Gasteiger partial charge in [0.15, 0.2) is 6.29 Å². The minimum absolute atomic E-state index is 0.263. The van der Waals surface area contributed by atoms with Gasteiger partial charge >= 0.3 is 5.97 Å². The summed E-state index contributed by atoms with van der Waals surface area (Å²) >= 11 is 0. The molecule has 2 rings (SSSR count). The van der Waals surface area contributed by atoms with Crippen LogP contribution in [0.15, 0.2) is 42.5 Å². The first-order valence-corrected chi connectivity index (χ1v) is 6.70. The Morgan fingerprint density at radius 2 is 1.90 bits per heavy atom. The Balaban J connectivity index is 2.25. The average molecular weight is 287 g/mol. The molecule has 0 aliphatic carbocycles. The molecule has 0 bridgehead atoms. The van der Waals surface area contributed by atoms with Gasteiger partial charge < -0.3 is 14.8 Å². The van der Waals surface area contributed by atoms with Gasteiger partial charge in [-0.25, -0.2) is 4.79 Å². The number of hydrogen-bond acceptors (Lipinski definition) is 3. The lowest BCUT2D eigenvalue weighted by Gasteiger charge is -2.19. The molecule has 0 amide bonds. The molecule has 110 valence electrons. The number of aryl methyl sites for hydroxylation is 1. The number of nitrogens with zero attached hydrogens (tertiary/aromatic N) is 1. The fraction of sp³-hybridized carbons (Fsp3) is 0.250. The van der Waals surface area contributed by atoms with Crippen molar-refractivity contribution in [2.45, 2.75) is 25.5 Å². The molecule has 0 spiro atoms. The molecule has 0 fully saturated rings. The number of aliphatic carboxylic acids is 1. The quantitative estimate of drug-likeness (QED) is 0.764. The fourth-order valence-corrected chi connectivity index (χ4v) is 2.42. The van der Waals surface area contributed by atoms with E-state index in [1.165, 1.54) is 10.6 Å². The van der Waals surface area contributed by atoms with Crippen molar-refractivity contribution in [2.75, 3.05) is 0 Å². The molecule has 1 aromatic carbocycles. The van der Waals surface area contributed by atoms with Crippen LogP contribution < -0.4 is 0 Å². The molecule has 0 saturated heterocycles. The molecule has 2 N–H and O–H groups in total. The summed E-state index contributed by atoms with van der Waals surface area (Å²) in [7, 11) is 0. The minimum Gasteiger partial charge on any atom is -0.480 e. The lowest BCUT2D eigenvalue weighted by Crippen LogP contribution is -2.23. The summed E-state index contributed by atoms with van der Waals surface area (Å²) in [6.45, 7) is -0.303. The number of carboxylic acids is 1. The highest BCUT2D eigenvalue weighted by atomic mass is 16.4. The van der Waals surface area contributed by atoms with E-state index in [0.29, 0.717) is 24.8 Å². The number of aliphatic hydroxyl groups excluding tert-OH is 1. The van der Waals surface area contributed by atoms with Crippen LogP contribution in [0.2, 0.25) is 0 Å². The number of hydrogen-bond donors (Lipinski definition) is 2. The topological polar surface area (TPSA) is 79.5 Å². The zero-order valence-electron chi connectivity index (χ0n) is 11.5. The van der Waals surface area contributed by atoms with Crippen LogP contribution in [-0.4, -0.2) is 27.0 Å². The summed E-state index contributed by atoms with van der Waals surface area (Å²) in [5.74, 6) is -1.01. The van der Waals surface area contributed by atoms with Crippen molar-refractivity contribution in [2.24, 2.45) is 0 Å².